The van der Waals surface area contributed by atoms with Gasteiger partial charge in [0, 0.05) is 15.7 Å². The first-order chi connectivity index (χ1) is 15.4. The molecule has 0 aliphatic rings. The van der Waals surface area contributed by atoms with E-state index in [1.54, 1.807) is 24.3 Å². The SMILES string of the molecule is C[C@H](NC(=O)C(F)(F)F)c1ccc(S(=O)(=O)c2ccc(Cl)cc2Nc2ccc(Cl)cc2)cc1. The molecule has 1 atom stereocenters. The largest absolute Gasteiger partial charge is 0.471 e. The minimum atomic E-state index is -5.01. The van der Waals surface area contributed by atoms with Gasteiger partial charge in [0.05, 0.1) is 21.5 Å². The summed E-state index contributed by atoms with van der Waals surface area (Å²) in [7, 11) is -4.02. The van der Waals surface area contributed by atoms with E-state index in [0.717, 1.165) is 0 Å². The van der Waals surface area contributed by atoms with Gasteiger partial charge in [0.2, 0.25) is 9.84 Å². The molecule has 0 saturated carbocycles. The molecule has 0 radical (unpaired) electrons. The smallest absolute Gasteiger partial charge is 0.354 e. The van der Waals surface area contributed by atoms with Crippen molar-refractivity contribution in [3.63, 3.8) is 0 Å². The van der Waals surface area contributed by atoms with Gasteiger partial charge in [-0.25, -0.2) is 8.42 Å². The van der Waals surface area contributed by atoms with Crippen LogP contribution in [0, 0.1) is 0 Å². The van der Waals surface area contributed by atoms with E-state index in [1.807, 2.05) is 5.32 Å². The molecular weight excluding hydrogens is 500 g/mol. The van der Waals surface area contributed by atoms with Gasteiger partial charge >= 0.3 is 12.1 Å². The maximum Gasteiger partial charge on any atom is 0.471 e. The van der Waals surface area contributed by atoms with Crippen LogP contribution in [0.25, 0.3) is 0 Å². The van der Waals surface area contributed by atoms with Gasteiger partial charge in [-0.15, -0.1) is 0 Å². The van der Waals surface area contributed by atoms with Gasteiger partial charge < -0.3 is 10.6 Å². The van der Waals surface area contributed by atoms with Crippen LogP contribution in [0.4, 0.5) is 24.5 Å². The van der Waals surface area contributed by atoms with Crippen molar-refractivity contribution in [2.75, 3.05) is 5.32 Å². The van der Waals surface area contributed by atoms with E-state index >= 15 is 0 Å². The van der Waals surface area contributed by atoms with Crippen LogP contribution in [0.15, 0.2) is 76.5 Å². The monoisotopic (exact) mass is 516 g/mol. The quantitative estimate of drug-likeness (QED) is 0.402. The van der Waals surface area contributed by atoms with Crippen molar-refractivity contribution in [1.82, 2.24) is 5.32 Å². The molecule has 5 nitrogen and oxygen atoms in total. The fourth-order valence-electron chi connectivity index (χ4n) is 2.95. The number of carbonyl (C=O) groups is 1. The Morgan fingerprint density at radius 3 is 2.06 bits per heavy atom. The number of alkyl halides is 3. The number of carbonyl (C=O) groups excluding carboxylic acids is 1. The number of sulfone groups is 1. The summed E-state index contributed by atoms with van der Waals surface area (Å²) < 4.78 is 63.9. The van der Waals surface area contributed by atoms with Gasteiger partial charge in [-0.05, 0) is 67.1 Å². The molecule has 0 bridgehead atoms. The second-order valence-corrected chi connectivity index (χ2v) is 9.83. The third-order valence-corrected chi connectivity index (χ3v) is 6.96. The number of anilines is 2. The minimum Gasteiger partial charge on any atom is -0.354 e. The number of hydrogen-bond acceptors (Lipinski definition) is 4. The van der Waals surface area contributed by atoms with E-state index in [4.69, 9.17) is 23.2 Å². The molecule has 0 aromatic heterocycles. The molecule has 0 aliphatic heterocycles. The topological polar surface area (TPSA) is 75.3 Å². The molecule has 0 aliphatic carbocycles. The average molecular weight is 517 g/mol. The molecule has 11 heteroatoms. The molecule has 0 spiro atoms. The summed E-state index contributed by atoms with van der Waals surface area (Å²) in [5.41, 5.74) is 1.13. The predicted octanol–water partition coefficient (Wildman–Crippen LogP) is 6.31. The number of benzene rings is 3. The fraction of sp³-hybridized carbons (Fsp3) is 0.136. The Bertz CT molecular complexity index is 1260. The zero-order valence-corrected chi connectivity index (χ0v) is 19.3. The molecular formula is C22H17Cl2F3N2O3S. The van der Waals surface area contributed by atoms with E-state index in [1.165, 1.54) is 49.4 Å². The first kappa shape index (κ1) is 24.9. The lowest BCUT2D eigenvalue weighted by Crippen LogP contribution is -2.38. The molecule has 0 unspecified atom stereocenters. The molecule has 174 valence electrons. The summed E-state index contributed by atoms with van der Waals surface area (Å²) in [4.78, 5) is 11.0. The summed E-state index contributed by atoms with van der Waals surface area (Å²) in [6.07, 6.45) is -5.01. The molecule has 0 fully saturated rings. The lowest BCUT2D eigenvalue weighted by molar-refractivity contribution is -0.174. The number of amides is 1. The average Bonchev–Trinajstić information content (AvgIpc) is 2.74. The minimum absolute atomic E-state index is 0.0481. The van der Waals surface area contributed by atoms with Crippen LogP contribution in [0.2, 0.25) is 10.0 Å². The highest BCUT2D eigenvalue weighted by Crippen LogP contribution is 2.33. The molecule has 2 N–H and O–H groups in total. The highest BCUT2D eigenvalue weighted by Gasteiger charge is 2.39. The zero-order chi connectivity index (χ0) is 24.4. The Labute approximate surface area is 198 Å². The van der Waals surface area contributed by atoms with E-state index in [9.17, 15) is 26.4 Å². The molecule has 1 amide bonds. The Hall–Kier alpha value is -2.75. The van der Waals surface area contributed by atoms with Gasteiger partial charge in [-0.1, -0.05) is 35.3 Å². The Morgan fingerprint density at radius 1 is 0.909 bits per heavy atom. The normalized spacial score (nSPS) is 12.8. The van der Waals surface area contributed by atoms with E-state index in [-0.39, 0.29) is 15.5 Å². The molecule has 3 rings (SSSR count). The number of halogens is 5. The maximum atomic E-state index is 13.3. The van der Waals surface area contributed by atoms with Crippen molar-refractivity contribution in [2.45, 2.75) is 28.9 Å². The van der Waals surface area contributed by atoms with E-state index < -0.39 is 28.0 Å². The Morgan fingerprint density at radius 2 is 1.48 bits per heavy atom. The van der Waals surface area contributed by atoms with Crippen molar-refractivity contribution in [1.29, 1.82) is 0 Å². The third kappa shape index (κ3) is 5.98. The second kappa shape index (κ2) is 9.62. The first-order valence-electron chi connectivity index (χ1n) is 9.43. The standard InChI is InChI=1S/C22H17Cl2F3N2O3S/c1-13(28-21(30)22(25,26)27)14-2-9-18(10-3-14)33(31,32)20-11-6-16(24)12-19(20)29-17-7-4-15(23)5-8-17/h2-13,29H,1H3,(H,28,30)/t13-/m0/s1. The van der Waals surface area contributed by atoms with Crippen LogP contribution >= 0.6 is 23.2 Å². The van der Waals surface area contributed by atoms with Gasteiger partial charge in [-0.3, -0.25) is 4.79 Å². The second-order valence-electron chi connectivity index (χ2n) is 7.04. The van der Waals surface area contributed by atoms with Crippen molar-refractivity contribution in [2.24, 2.45) is 0 Å². The van der Waals surface area contributed by atoms with Gasteiger partial charge in [0.1, 0.15) is 0 Å². The van der Waals surface area contributed by atoms with Crippen LogP contribution in [-0.2, 0) is 14.6 Å². The molecule has 3 aromatic carbocycles. The summed E-state index contributed by atoms with van der Waals surface area (Å²) in [6.45, 7) is 1.36. The van der Waals surface area contributed by atoms with Crippen molar-refractivity contribution in [3.05, 3.63) is 82.3 Å². The predicted molar refractivity (Wildman–Crippen MR) is 121 cm³/mol. The van der Waals surface area contributed by atoms with E-state index in [2.05, 4.69) is 5.32 Å². The Kier molecular flexibility index (Phi) is 7.26. The molecule has 0 heterocycles. The molecule has 0 saturated heterocycles. The number of rotatable bonds is 6. The lowest BCUT2D eigenvalue weighted by atomic mass is 10.1. The summed E-state index contributed by atoms with van der Waals surface area (Å²) in [6, 6.07) is 15.1. The molecule has 3 aromatic rings. The third-order valence-electron chi connectivity index (χ3n) is 4.65. The lowest BCUT2D eigenvalue weighted by Gasteiger charge is -2.17. The fourth-order valence-corrected chi connectivity index (χ4v) is 4.64. The van der Waals surface area contributed by atoms with Crippen molar-refractivity contribution < 1.29 is 26.4 Å². The van der Waals surface area contributed by atoms with E-state index in [0.29, 0.717) is 21.3 Å². The highest BCUT2D eigenvalue weighted by atomic mass is 35.5. The first-order valence-corrected chi connectivity index (χ1v) is 11.7. The Balaban J connectivity index is 1.90. The van der Waals surface area contributed by atoms with Gasteiger partial charge in [0.15, 0.2) is 0 Å². The van der Waals surface area contributed by atoms with Crippen LogP contribution in [-0.4, -0.2) is 20.5 Å². The van der Waals surface area contributed by atoms with Gasteiger partial charge in [-0.2, -0.15) is 13.2 Å². The van der Waals surface area contributed by atoms with Gasteiger partial charge in [0.25, 0.3) is 0 Å². The van der Waals surface area contributed by atoms with Crippen LogP contribution in [0.3, 0.4) is 0 Å². The summed E-state index contributed by atoms with van der Waals surface area (Å²) in [5.74, 6) is -2.08. The zero-order valence-electron chi connectivity index (χ0n) is 17.0. The number of nitrogens with one attached hydrogen (secondary N) is 2. The van der Waals surface area contributed by atoms with Crippen molar-refractivity contribution in [3.8, 4) is 0 Å². The molecule has 33 heavy (non-hydrogen) atoms. The summed E-state index contributed by atoms with van der Waals surface area (Å²) in [5, 5.41) is 5.66. The van der Waals surface area contributed by atoms with Crippen LogP contribution in [0.1, 0.15) is 18.5 Å². The summed E-state index contributed by atoms with van der Waals surface area (Å²) >= 11 is 11.9. The maximum absolute atomic E-state index is 13.3. The van der Waals surface area contributed by atoms with Crippen LogP contribution in [0.5, 0.6) is 0 Å². The van der Waals surface area contributed by atoms with Crippen molar-refractivity contribution >= 4 is 50.3 Å². The number of hydrogen-bond donors (Lipinski definition) is 2. The highest BCUT2D eigenvalue weighted by molar-refractivity contribution is 7.91. The van der Waals surface area contributed by atoms with Crippen LogP contribution < -0.4 is 10.6 Å².